The normalized spacial score (nSPS) is 10.2. The molecule has 7 nitrogen and oxygen atoms in total. The lowest BCUT2D eigenvalue weighted by Gasteiger charge is -2.12. The van der Waals surface area contributed by atoms with Gasteiger partial charge in [0.25, 0.3) is 17.4 Å². The van der Waals surface area contributed by atoms with Crippen molar-refractivity contribution in [3.63, 3.8) is 0 Å². The number of amides is 2. The number of hydrogen-bond acceptors (Lipinski definition) is 4. The molecule has 0 saturated carbocycles. The highest BCUT2D eigenvalue weighted by Gasteiger charge is 2.16. The van der Waals surface area contributed by atoms with Crippen LogP contribution in [-0.2, 0) is 6.54 Å². The number of ether oxygens (including phenoxy) is 1. The van der Waals surface area contributed by atoms with Gasteiger partial charge in [0.15, 0.2) is 0 Å². The molecule has 0 bridgehead atoms. The van der Waals surface area contributed by atoms with Crippen LogP contribution in [0.2, 0.25) is 0 Å². The number of nitrogens with one attached hydrogen (secondary N) is 2. The summed E-state index contributed by atoms with van der Waals surface area (Å²) in [6.45, 7) is 2.46. The summed E-state index contributed by atoms with van der Waals surface area (Å²) in [5.74, 6) is -0.209. The highest BCUT2D eigenvalue weighted by molar-refractivity contribution is 5.99. The molecule has 2 aromatic rings. The fourth-order valence-corrected chi connectivity index (χ4v) is 2.40. The molecule has 1 heterocycles. The molecule has 1 aromatic heterocycles. The van der Waals surface area contributed by atoms with E-state index in [0.29, 0.717) is 12.3 Å². The summed E-state index contributed by atoms with van der Waals surface area (Å²) in [4.78, 5) is 36.7. The zero-order chi connectivity index (χ0) is 18.4. The van der Waals surface area contributed by atoms with Crippen molar-refractivity contribution in [2.24, 2.45) is 0 Å². The summed E-state index contributed by atoms with van der Waals surface area (Å²) in [7, 11) is 3.00. The molecule has 2 amide bonds. The standard InChI is InChI=1S/C18H21N3O4/c1-4-20-16(22)13-9-15(17(23)19-2)18(24)21(11-13)10-12-6-5-7-14(8-12)25-3/h5-9,11H,4,10H2,1-3H3,(H,19,23)(H,20,22). The highest BCUT2D eigenvalue weighted by atomic mass is 16.5. The van der Waals surface area contributed by atoms with E-state index in [4.69, 9.17) is 4.74 Å². The van der Waals surface area contributed by atoms with Crippen LogP contribution in [0.1, 0.15) is 33.2 Å². The average Bonchev–Trinajstić information content (AvgIpc) is 2.63. The fourth-order valence-electron chi connectivity index (χ4n) is 2.40. The van der Waals surface area contributed by atoms with E-state index in [-0.39, 0.29) is 23.6 Å². The third kappa shape index (κ3) is 4.26. The SMILES string of the molecule is CCNC(=O)c1cc(C(=O)NC)c(=O)n(Cc2cccc(OC)c2)c1. The van der Waals surface area contributed by atoms with Gasteiger partial charge in [0.05, 0.1) is 19.2 Å². The van der Waals surface area contributed by atoms with Gasteiger partial charge in [-0.1, -0.05) is 12.1 Å². The van der Waals surface area contributed by atoms with Crippen molar-refractivity contribution in [1.82, 2.24) is 15.2 Å². The molecule has 0 saturated heterocycles. The van der Waals surface area contributed by atoms with Crippen molar-refractivity contribution in [1.29, 1.82) is 0 Å². The van der Waals surface area contributed by atoms with Gasteiger partial charge < -0.3 is 19.9 Å². The van der Waals surface area contributed by atoms with Crippen LogP contribution in [0.5, 0.6) is 5.75 Å². The van der Waals surface area contributed by atoms with Crippen molar-refractivity contribution < 1.29 is 14.3 Å². The molecule has 0 unspecified atom stereocenters. The van der Waals surface area contributed by atoms with Crippen LogP contribution >= 0.6 is 0 Å². The first-order valence-electron chi connectivity index (χ1n) is 7.87. The number of rotatable bonds is 6. The van der Waals surface area contributed by atoms with E-state index in [0.717, 1.165) is 5.56 Å². The minimum absolute atomic E-state index is 0.0749. The number of aromatic nitrogens is 1. The predicted octanol–water partition coefficient (Wildman–Crippen LogP) is 1.01. The molecular weight excluding hydrogens is 322 g/mol. The van der Waals surface area contributed by atoms with Crippen LogP contribution in [0.15, 0.2) is 41.3 Å². The smallest absolute Gasteiger partial charge is 0.263 e. The maximum Gasteiger partial charge on any atom is 0.263 e. The Balaban J connectivity index is 2.51. The van der Waals surface area contributed by atoms with E-state index in [1.807, 2.05) is 12.1 Å². The third-order valence-electron chi connectivity index (χ3n) is 3.64. The highest BCUT2D eigenvalue weighted by Crippen LogP contribution is 2.13. The van der Waals surface area contributed by atoms with E-state index < -0.39 is 11.5 Å². The molecule has 0 aliphatic rings. The summed E-state index contributed by atoms with van der Waals surface area (Å²) in [5.41, 5.74) is 0.532. The molecule has 0 aliphatic heterocycles. The van der Waals surface area contributed by atoms with Crippen LogP contribution in [0.25, 0.3) is 0 Å². The second kappa shape index (κ2) is 8.14. The van der Waals surface area contributed by atoms with Crippen molar-refractivity contribution >= 4 is 11.8 Å². The van der Waals surface area contributed by atoms with Gasteiger partial charge in [-0.25, -0.2) is 0 Å². The lowest BCUT2D eigenvalue weighted by molar-refractivity contribution is 0.0955. The Labute approximate surface area is 145 Å². The van der Waals surface area contributed by atoms with Gasteiger partial charge >= 0.3 is 0 Å². The molecule has 0 fully saturated rings. The van der Waals surface area contributed by atoms with Gasteiger partial charge in [-0.2, -0.15) is 0 Å². The lowest BCUT2D eigenvalue weighted by atomic mass is 10.1. The molecule has 2 N–H and O–H groups in total. The van der Waals surface area contributed by atoms with Gasteiger partial charge in [0, 0.05) is 19.8 Å². The summed E-state index contributed by atoms with van der Waals surface area (Å²) in [6, 6.07) is 8.56. The second-order valence-electron chi connectivity index (χ2n) is 5.37. The molecule has 0 aliphatic carbocycles. The number of carbonyl (C=O) groups is 2. The molecule has 0 atom stereocenters. The Bertz CT molecular complexity index is 842. The first-order chi connectivity index (χ1) is 12.0. The number of methoxy groups -OCH3 is 1. The summed E-state index contributed by atoms with van der Waals surface area (Å²) < 4.78 is 6.53. The maximum atomic E-state index is 12.6. The average molecular weight is 343 g/mol. The molecule has 0 radical (unpaired) electrons. The van der Waals surface area contributed by atoms with E-state index in [1.54, 1.807) is 26.2 Å². The molecule has 2 rings (SSSR count). The minimum atomic E-state index is -0.532. The monoisotopic (exact) mass is 343 g/mol. The number of carbonyl (C=O) groups excluding carboxylic acids is 2. The fraction of sp³-hybridized carbons (Fsp3) is 0.278. The number of benzene rings is 1. The van der Waals surface area contributed by atoms with Gasteiger partial charge in [-0.05, 0) is 30.7 Å². The second-order valence-corrected chi connectivity index (χ2v) is 5.37. The molecule has 7 heteroatoms. The van der Waals surface area contributed by atoms with E-state index >= 15 is 0 Å². The molecule has 132 valence electrons. The zero-order valence-electron chi connectivity index (χ0n) is 14.5. The number of hydrogen-bond donors (Lipinski definition) is 2. The Morgan fingerprint density at radius 1 is 1.20 bits per heavy atom. The van der Waals surface area contributed by atoms with Crippen molar-refractivity contribution in [2.45, 2.75) is 13.5 Å². The zero-order valence-corrected chi connectivity index (χ0v) is 14.5. The van der Waals surface area contributed by atoms with Crippen LogP contribution < -0.4 is 20.9 Å². The van der Waals surface area contributed by atoms with Crippen LogP contribution in [-0.4, -0.2) is 37.1 Å². The maximum absolute atomic E-state index is 12.6. The minimum Gasteiger partial charge on any atom is -0.497 e. The van der Waals surface area contributed by atoms with Crippen LogP contribution in [0.4, 0.5) is 0 Å². The Hall–Kier alpha value is -3.09. The van der Waals surface area contributed by atoms with Gasteiger partial charge in [0.1, 0.15) is 11.3 Å². The first-order valence-corrected chi connectivity index (χ1v) is 7.87. The van der Waals surface area contributed by atoms with E-state index in [2.05, 4.69) is 10.6 Å². The van der Waals surface area contributed by atoms with Crippen molar-refractivity contribution in [2.75, 3.05) is 20.7 Å². The van der Waals surface area contributed by atoms with Gasteiger partial charge in [-0.15, -0.1) is 0 Å². The molecule has 0 spiro atoms. The van der Waals surface area contributed by atoms with Crippen LogP contribution in [0.3, 0.4) is 0 Å². The van der Waals surface area contributed by atoms with Crippen molar-refractivity contribution in [3.8, 4) is 5.75 Å². The summed E-state index contributed by atoms with van der Waals surface area (Å²) in [6.07, 6.45) is 1.46. The Morgan fingerprint density at radius 3 is 2.60 bits per heavy atom. The first kappa shape index (κ1) is 18.3. The Kier molecular flexibility index (Phi) is 5.94. The Morgan fingerprint density at radius 2 is 1.96 bits per heavy atom. The lowest BCUT2D eigenvalue weighted by Crippen LogP contribution is -2.34. The quantitative estimate of drug-likeness (QED) is 0.819. The topological polar surface area (TPSA) is 89.4 Å². The number of pyridine rings is 1. The van der Waals surface area contributed by atoms with Crippen LogP contribution in [0, 0.1) is 0 Å². The number of nitrogens with zero attached hydrogens (tertiary/aromatic N) is 1. The van der Waals surface area contributed by atoms with Crippen molar-refractivity contribution in [3.05, 3.63) is 63.6 Å². The predicted molar refractivity (Wildman–Crippen MR) is 94.2 cm³/mol. The summed E-state index contributed by atoms with van der Waals surface area (Å²) >= 11 is 0. The van der Waals surface area contributed by atoms with E-state index in [9.17, 15) is 14.4 Å². The molecule has 1 aromatic carbocycles. The van der Waals surface area contributed by atoms with E-state index in [1.165, 1.54) is 23.9 Å². The van der Waals surface area contributed by atoms with Gasteiger partial charge in [-0.3, -0.25) is 14.4 Å². The third-order valence-corrected chi connectivity index (χ3v) is 3.64. The molecule has 25 heavy (non-hydrogen) atoms. The summed E-state index contributed by atoms with van der Waals surface area (Å²) in [5, 5.41) is 5.09. The molecular formula is C18H21N3O4. The van der Waals surface area contributed by atoms with Gasteiger partial charge in [0.2, 0.25) is 0 Å². The largest absolute Gasteiger partial charge is 0.497 e.